The number of amides is 4. The molecule has 1 heterocycles. The zero-order valence-corrected chi connectivity index (χ0v) is 22.7. The third kappa shape index (κ3) is 7.09. The van der Waals surface area contributed by atoms with Gasteiger partial charge in [-0.25, -0.2) is 9.59 Å². The van der Waals surface area contributed by atoms with Crippen LogP contribution in [0.5, 0.6) is 0 Å². The summed E-state index contributed by atoms with van der Waals surface area (Å²) in [7, 11) is 0. The van der Waals surface area contributed by atoms with Crippen molar-refractivity contribution in [3.05, 3.63) is 63.6 Å². The highest BCUT2D eigenvalue weighted by atomic mass is 35.5. The van der Waals surface area contributed by atoms with Crippen LogP contribution in [0, 0.1) is 0 Å². The number of hydrogen-bond donors (Lipinski definition) is 3. The lowest BCUT2D eigenvalue weighted by Crippen LogP contribution is -2.54. The Balaban J connectivity index is 1.64. The van der Waals surface area contributed by atoms with Gasteiger partial charge in [0, 0.05) is 31.0 Å². The maximum atomic E-state index is 13.0. The zero-order chi connectivity index (χ0) is 27.1. The summed E-state index contributed by atoms with van der Waals surface area (Å²) in [6.07, 6.45) is 0.0233. The largest absolute Gasteiger partial charge is 0.480 e. The van der Waals surface area contributed by atoms with Crippen molar-refractivity contribution in [2.75, 3.05) is 30.0 Å². The van der Waals surface area contributed by atoms with Crippen molar-refractivity contribution in [2.45, 2.75) is 32.4 Å². The maximum absolute atomic E-state index is 13.0. The quantitative estimate of drug-likeness (QED) is 0.418. The van der Waals surface area contributed by atoms with Crippen LogP contribution in [0.2, 0.25) is 10.0 Å². The van der Waals surface area contributed by atoms with Crippen molar-refractivity contribution >= 4 is 64.5 Å². The predicted octanol–water partition coefficient (Wildman–Crippen LogP) is 4.19. The summed E-state index contributed by atoms with van der Waals surface area (Å²) in [5.41, 5.74) is 1.26. The molecule has 0 bridgehead atoms. The minimum Gasteiger partial charge on any atom is -0.480 e. The van der Waals surface area contributed by atoms with Gasteiger partial charge in [-0.1, -0.05) is 41.4 Å². The van der Waals surface area contributed by atoms with Gasteiger partial charge in [-0.15, -0.1) is 11.8 Å². The lowest BCUT2D eigenvalue weighted by molar-refractivity contribution is -0.142. The number of carbonyl (C=O) groups is 4. The summed E-state index contributed by atoms with van der Waals surface area (Å²) in [5.74, 6) is -1.39. The molecule has 0 radical (unpaired) electrons. The van der Waals surface area contributed by atoms with E-state index in [-0.39, 0.29) is 28.1 Å². The van der Waals surface area contributed by atoms with Crippen molar-refractivity contribution < 1.29 is 24.3 Å². The second kappa shape index (κ2) is 13.0. The molecule has 9 nitrogen and oxygen atoms in total. The van der Waals surface area contributed by atoms with Crippen molar-refractivity contribution in [3.63, 3.8) is 0 Å². The molecule has 1 aliphatic heterocycles. The van der Waals surface area contributed by atoms with Gasteiger partial charge in [-0.2, -0.15) is 0 Å². The van der Waals surface area contributed by atoms with Crippen LogP contribution in [0.1, 0.15) is 29.8 Å². The maximum Gasteiger partial charge on any atom is 0.326 e. The molecule has 3 N–H and O–H groups in total. The second-order valence-electron chi connectivity index (χ2n) is 8.29. The smallest absolute Gasteiger partial charge is 0.326 e. The average molecular weight is 567 g/mol. The van der Waals surface area contributed by atoms with Gasteiger partial charge >= 0.3 is 12.0 Å². The van der Waals surface area contributed by atoms with Crippen LogP contribution in [-0.2, 0) is 16.0 Å². The number of anilines is 1. The van der Waals surface area contributed by atoms with Crippen LogP contribution >= 0.6 is 35.0 Å². The van der Waals surface area contributed by atoms with Crippen molar-refractivity contribution in [3.8, 4) is 0 Å². The molecule has 2 aromatic rings. The number of rotatable bonds is 9. The van der Waals surface area contributed by atoms with Gasteiger partial charge in [0.15, 0.2) is 0 Å². The Bertz CT molecular complexity index is 1140. The molecule has 2 aromatic carbocycles. The molecule has 1 saturated heterocycles. The zero-order valence-electron chi connectivity index (χ0n) is 20.4. The van der Waals surface area contributed by atoms with Crippen LogP contribution in [0.3, 0.4) is 0 Å². The van der Waals surface area contributed by atoms with Gasteiger partial charge < -0.3 is 25.5 Å². The van der Waals surface area contributed by atoms with E-state index in [2.05, 4.69) is 10.6 Å². The standard InChI is InChI=1S/C25H28Cl2N4O5S/c1-3-30(4-2)25(36)31-14-37-13-20(31)22(32)29-19(24(34)35)12-15-8-10-16(11-9-15)28-23(33)21-17(26)6-5-7-18(21)27/h5-11,19-20H,3-4,12-14H2,1-2H3,(H,28,33)(H,29,32)(H,34,35). The molecule has 2 atom stereocenters. The topological polar surface area (TPSA) is 119 Å². The monoisotopic (exact) mass is 566 g/mol. The lowest BCUT2D eigenvalue weighted by atomic mass is 10.0. The summed E-state index contributed by atoms with van der Waals surface area (Å²) in [4.78, 5) is 53.3. The number of carbonyl (C=O) groups excluding carboxylic acids is 3. The normalized spacial score (nSPS) is 15.7. The van der Waals surface area contributed by atoms with Gasteiger partial charge in [0.1, 0.15) is 12.1 Å². The molecule has 37 heavy (non-hydrogen) atoms. The molecule has 1 aliphatic rings. The highest BCUT2D eigenvalue weighted by Crippen LogP contribution is 2.26. The summed E-state index contributed by atoms with van der Waals surface area (Å²) in [6, 6.07) is 9.16. The van der Waals surface area contributed by atoms with E-state index < -0.39 is 29.9 Å². The number of carboxylic acid groups (broad SMARTS) is 1. The van der Waals surface area contributed by atoms with E-state index >= 15 is 0 Å². The van der Waals surface area contributed by atoms with E-state index in [4.69, 9.17) is 23.2 Å². The third-order valence-electron chi connectivity index (χ3n) is 5.92. The number of nitrogens with zero attached hydrogens (tertiary/aromatic N) is 2. The number of aliphatic carboxylic acids is 1. The van der Waals surface area contributed by atoms with Crippen LogP contribution < -0.4 is 10.6 Å². The van der Waals surface area contributed by atoms with E-state index in [1.807, 2.05) is 13.8 Å². The summed E-state index contributed by atoms with van der Waals surface area (Å²) >= 11 is 13.6. The van der Waals surface area contributed by atoms with E-state index in [1.165, 1.54) is 16.7 Å². The van der Waals surface area contributed by atoms with Crippen LogP contribution in [0.15, 0.2) is 42.5 Å². The predicted molar refractivity (Wildman–Crippen MR) is 145 cm³/mol. The molecule has 0 saturated carbocycles. The number of thioether (sulfide) groups is 1. The second-order valence-corrected chi connectivity index (χ2v) is 10.1. The number of halogens is 2. The first-order chi connectivity index (χ1) is 17.7. The van der Waals surface area contributed by atoms with E-state index in [0.29, 0.717) is 36.0 Å². The Morgan fingerprint density at radius 3 is 2.27 bits per heavy atom. The molecule has 198 valence electrons. The Labute approximate surface area is 229 Å². The Morgan fingerprint density at radius 1 is 1.08 bits per heavy atom. The number of urea groups is 1. The molecule has 0 aromatic heterocycles. The van der Waals surface area contributed by atoms with Crippen LogP contribution in [-0.4, -0.2) is 75.5 Å². The lowest BCUT2D eigenvalue weighted by Gasteiger charge is -2.30. The highest BCUT2D eigenvalue weighted by Gasteiger charge is 2.37. The number of nitrogens with one attached hydrogen (secondary N) is 2. The van der Waals surface area contributed by atoms with E-state index in [9.17, 15) is 24.3 Å². The van der Waals surface area contributed by atoms with Crippen LogP contribution in [0.25, 0.3) is 0 Å². The molecular weight excluding hydrogens is 539 g/mol. The molecule has 1 fully saturated rings. The fraction of sp³-hybridized carbons (Fsp3) is 0.360. The first kappa shape index (κ1) is 28.6. The average Bonchev–Trinajstić information content (AvgIpc) is 3.35. The van der Waals surface area contributed by atoms with Gasteiger partial charge in [0.25, 0.3) is 5.91 Å². The summed E-state index contributed by atoms with van der Waals surface area (Å²) in [6.45, 7) is 4.76. The first-order valence-electron chi connectivity index (χ1n) is 11.7. The Hall–Kier alpha value is -2.95. The van der Waals surface area contributed by atoms with Gasteiger partial charge in [-0.05, 0) is 43.7 Å². The van der Waals surface area contributed by atoms with E-state index in [0.717, 1.165) is 0 Å². The molecule has 12 heteroatoms. The van der Waals surface area contributed by atoms with Gasteiger partial charge in [0.2, 0.25) is 5.91 Å². The first-order valence-corrected chi connectivity index (χ1v) is 13.6. The van der Waals surface area contributed by atoms with Crippen molar-refractivity contribution in [1.82, 2.24) is 15.1 Å². The summed E-state index contributed by atoms with van der Waals surface area (Å²) < 4.78 is 0. The molecule has 2 unspecified atom stereocenters. The number of carboxylic acids is 1. The van der Waals surface area contributed by atoms with Crippen molar-refractivity contribution in [2.24, 2.45) is 0 Å². The minimum atomic E-state index is -1.19. The fourth-order valence-corrected chi connectivity index (χ4v) is 5.58. The minimum absolute atomic E-state index is 0.0233. The van der Waals surface area contributed by atoms with Crippen molar-refractivity contribution in [1.29, 1.82) is 0 Å². The van der Waals surface area contributed by atoms with E-state index in [1.54, 1.807) is 47.4 Å². The molecule has 0 aliphatic carbocycles. The Morgan fingerprint density at radius 2 is 1.70 bits per heavy atom. The van der Waals surface area contributed by atoms with Gasteiger partial charge in [0.05, 0.1) is 21.5 Å². The third-order valence-corrected chi connectivity index (χ3v) is 7.56. The molecular formula is C25H28Cl2N4O5S. The highest BCUT2D eigenvalue weighted by molar-refractivity contribution is 7.99. The summed E-state index contributed by atoms with van der Waals surface area (Å²) in [5, 5.41) is 15.5. The fourth-order valence-electron chi connectivity index (χ4n) is 3.86. The SMILES string of the molecule is CCN(CC)C(=O)N1CSCC1C(=O)NC(Cc1ccc(NC(=O)c2c(Cl)cccc2Cl)cc1)C(=O)O. The Kier molecular flexibility index (Phi) is 10.1. The number of benzene rings is 2. The van der Waals surface area contributed by atoms with Crippen LogP contribution in [0.4, 0.5) is 10.5 Å². The molecule has 3 rings (SSSR count). The number of hydrogen-bond acceptors (Lipinski definition) is 5. The van der Waals surface area contributed by atoms with Gasteiger partial charge in [-0.3, -0.25) is 9.59 Å². The molecule has 0 spiro atoms. The molecule has 4 amide bonds.